The Bertz CT molecular complexity index is 141. The first-order valence-electron chi connectivity index (χ1n) is 4.87. The molecule has 1 N–H and O–H groups in total. The Labute approximate surface area is 75.7 Å². The minimum atomic E-state index is 0.350. The first kappa shape index (κ1) is 10.0. The molecule has 0 amide bonds. The minimum absolute atomic E-state index is 0.350. The highest BCUT2D eigenvalue weighted by molar-refractivity contribution is 4.98. The highest BCUT2D eigenvalue weighted by Crippen LogP contribution is 2.48. The summed E-state index contributed by atoms with van der Waals surface area (Å²) in [4.78, 5) is 0. The first-order valence-corrected chi connectivity index (χ1v) is 4.87. The van der Waals surface area contributed by atoms with Crippen molar-refractivity contribution in [2.45, 2.75) is 45.8 Å². The molecule has 0 bridgehead atoms. The van der Waals surface area contributed by atoms with Gasteiger partial charge < -0.3 is 10.1 Å². The molecule has 0 aromatic heterocycles. The molecule has 2 nitrogen and oxygen atoms in total. The Hall–Kier alpha value is -0.0800. The van der Waals surface area contributed by atoms with Crippen molar-refractivity contribution in [3.05, 3.63) is 0 Å². The van der Waals surface area contributed by atoms with Crippen LogP contribution >= 0.6 is 0 Å². The quantitative estimate of drug-likeness (QED) is 0.681. The maximum Gasteiger partial charge on any atom is 0.0628 e. The Kier molecular flexibility index (Phi) is 3.13. The van der Waals surface area contributed by atoms with Crippen molar-refractivity contribution in [2.75, 3.05) is 13.7 Å². The molecule has 1 atom stereocenters. The van der Waals surface area contributed by atoms with Gasteiger partial charge in [-0.15, -0.1) is 0 Å². The number of nitrogens with one attached hydrogen (secondary N) is 1. The van der Waals surface area contributed by atoms with Crippen molar-refractivity contribution in [1.82, 2.24) is 5.32 Å². The summed E-state index contributed by atoms with van der Waals surface area (Å²) < 4.78 is 5.60. The number of rotatable bonds is 5. The number of hydrogen-bond donors (Lipinski definition) is 1. The lowest BCUT2D eigenvalue weighted by molar-refractivity contribution is 0.0486. The van der Waals surface area contributed by atoms with Crippen LogP contribution in [-0.2, 0) is 4.74 Å². The molecule has 12 heavy (non-hydrogen) atoms. The van der Waals surface area contributed by atoms with E-state index in [0.29, 0.717) is 17.6 Å². The van der Waals surface area contributed by atoms with E-state index in [9.17, 15) is 0 Å². The van der Waals surface area contributed by atoms with E-state index in [4.69, 9.17) is 4.74 Å². The van der Waals surface area contributed by atoms with Gasteiger partial charge in [-0.05, 0) is 39.2 Å². The molecular formula is C10H21NO. The second-order valence-corrected chi connectivity index (χ2v) is 4.38. The third-order valence-corrected chi connectivity index (χ3v) is 2.82. The van der Waals surface area contributed by atoms with Crippen molar-refractivity contribution >= 4 is 0 Å². The lowest BCUT2D eigenvalue weighted by atomic mass is 10.0. The summed E-state index contributed by atoms with van der Waals surface area (Å²) in [6.07, 6.45) is 3.04. The second-order valence-electron chi connectivity index (χ2n) is 4.38. The molecule has 1 unspecified atom stereocenters. The fourth-order valence-electron chi connectivity index (χ4n) is 1.47. The molecule has 1 fully saturated rings. The van der Waals surface area contributed by atoms with Gasteiger partial charge in [0.15, 0.2) is 0 Å². The van der Waals surface area contributed by atoms with Crippen LogP contribution in [0, 0.1) is 5.41 Å². The van der Waals surface area contributed by atoms with Crippen LogP contribution in [0.3, 0.4) is 0 Å². The molecule has 1 saturated carbocycles. The van der Waals surface area contributed by atoms with E-state index in [1.165, 1.54) is 12.8 Å². The minimum Gasteiger partial charge on any atom is -0.377 e. The van der Waals surface area contributed by atoms with Crippen molar-refractivity contribution in [3.8, 4) is 0 Å². The van der Waals surface area contributed by atoms with E-state index in [1.807, 2.05) is 7.05 Å². The number of ether oxygens (including phenoxy) is 1. The summed E-state index contributed by atoms with van der Waals surface area (Å²) in [5.74, 6) is 0. The normalized spacial score (nSPS) is 22.8. The second kappa shape index (κ2) is 3.75. The average Bonchev–Trinajstić information content (AvgIpc) is 2.69. The molecule has 0 aliphatic heterocycles. The highest BCUT2D eigenvalue weighted by atomic mass is 16.5. The maximum absolute atomic E-state index is 5.60. The Balaban J connectivity index is 2.26. The molecule has 0 heterocycles. The smallest absolute Gasteiger partial charge is 0.0628 e. The predicted octanol–water partition coefficient (Wildman–Crippen LogP) is 1.80. The molecule has 1 rings (SSSR count). The lowest BCUT2D eigenvalue weighted by Gasteiger charge is -2.23. The number of hydrogen-bond acceptors (Lipinski definition) is 2. The van der Waals surface area contributed by atoms with Gasteiger partial charge >= 0.3 is 0 Å². The standard InChI is InChI=1S/C10H21NO/c1-8(2)12-7-9(11-4)10(3)5-6-10/h8-9,11H,5-7H2,1-4H3. The summed E-state index contributed by atoms with van der Waals surface area (Å²) in [5.41, 5.74) is 0.518. The summed E-state index contributed by atoms with van der Waals surface area (Å²) in [5, 5.41) is 3.33. The van der Waals surface area contributed by atoms with Crippen molar-refractivity contribution < 1.29 is 4.74 Å². The zero-order valence-corrected chi connectivity index (χ0v) is 8.68. The van der Waals surface area contributed by atoms with Crippen LogP contribution in [0.1, 0.15) is 33.6 Å². The van der Waals surface area contributed by atoms with Crippen LogP contribution in [-0.4, -0.2) is 25.8 Å². The van der Waals surface area contributed by atoms with E-state index in [-0.39, 0.29) is 0 Å². The van der Waals surface area contributed by atoms with Crippen LogP contribution in [0.4, 0.5) is 0 Å². The summed E-state index contributed by atoms with van der Waals surface area (Å²) in [7, 11) is 2.03. The molecule has 72 valence electrons. The maximum atomic E-state index is 5.60. The van der Waals surface area contributed by atoms with Gasteiger partial charge in [0.25, 0.3) is 0 Å². The molecule has 0 spiro atoms. The molecule has 1 aliphatic rings. The van der Waals surface area contributed by atoms with Crippen molar-refractivity contribution in [3.63, 3.8) is 0 Å². The Morgan fingerprint density at radius 2 is 2.00 bits per heavy atom. The zero-order chi connectivity index (χ0) is 9.19. The lowest BCUT2D eigenvalue weighted by Crippen LogP contribution is -2.38. The van der Waals surface area contributed by atoms with Gasteiger partial charge in [0.05, 0.1) is 12.7 Å². The SMILES string of the molecule is CNC(COC(C)C)C1(C)CC1. The largest absolute Gasteiger partial charge is 0.377 e. The third-order valence-electron chi connectivity index (χ3n) is 2.82. The molecule has 2 heteroatoms. The summed E-state index contributed by atoms with van der Waals surface area (Å²) >= 11 is 0. The fourth-order valence-corrected chi connectivity index (χ4v) is 1.47. The molecule has 0 radical (unpaired) electrons. The molecule has 0 aromatic rings. The van der Waals surface area contributed by atoms with Crippen LogP contribution in [0.25, 0.3) is 0 Å². The van der Waals surface area contributed by atoms with E-state index >= 15 is 0 Å². The van der Waals surface area contributed by atoms with Gasteiger partial charge in [-0.1, -0.05) is 6.92 Å². The molecule has 0 aromatic carbocycles. The highest BCUT2D eigenvalue weighted by Gasteiger charge is 2.44. The Morgan fingerprint density at radius 3 is 2.33 bits per heavy atom. The van der Waals surface area contributed by atoms with Crippen LogP contribution < -0.4 is 5.32 Å². The Morgan fingerprint density at radius 1 is 1.42 bits per heavy atom. The average molecular weight is 171 g/mol. The van der Waals surface area contributed by atoms with E-state index in [1.54, 1.807) is 0 Å². The summed E-state index contributed by atoms with van der Waals surface area (Å²) in [6.45, 7) is 7.35. The number of likely N-dealkylation sites (N-methyl/N-ethyl adjacent to an activating group) is 1. The van der Waals surface area contributed by atoms with E-state index in [0.717, 1.165) is 6.61 Å². The van der Waals surface area contributed by atoms with Crippen LogP contribution in [0.15, 0.2) is 0 Å². The topological polar surface area (TPSA) is 21.3 Å². The molecule has 1 aliphatic carbocycles. The van der Waals surface area contributed by atoms with Crippen molar-refractivity contribution in [2.24, 2.45) is 5.41 Å². The first-order chi connectivity index (χ1) is 5.58. The molecule has 0 saturated heterocycles. The fraction of sp³-hybridized carbons (Fsp3) is 1.00. The van der Waals surface area contributed by atoms with E-state index < -0.39 is 0 Å². The third kappa shape index (κ3) is 2.46. The van der Waals surface area contributed by atoms with Crippen LogP contribution in [0.2, 0.25) is 0 Å². The van der Waals surface area contributed by atoms with Gasteiger partial charge in [-0.3, -0.25) is 0 Å². The van der Waals surface area contributed by atoms with Crippen molar-refractivity contribution in [1.29, 1.82) is 0 Å². The van der Waals surface area contributed by atoms with Crippen LogP contribution in [0.5, 0.6) is 0 Å². The monoisotopic (exact) mass is 171 g/mol. The van der Waals surface area contributed by atoms with Gasteiger partial charge in [0.1, 0.15) is 0 Å². The van der Waals surface area contributed by atoms with Gasteiger partial charge in [-0.2, -0.15) is 0 Å². The predicted molar refractivity (Wildman–Crippen MR) is 51.3 cm³/mol. The molecular weight excluding hydrogens is 150 g/mol. The van der Waals surface area contributed by atoms with Gasteiger partial charge in [-0.25, -0.2) is 0 Å². The van der Waals surface area contributed by atoms with Gasteiger partial charge in [0.2, 0.25) is 0 Å². The zero-order valence-electron chi connectivity index (χ0n) is 8.68. The summed E-state index contributed by atoms with van der Waals surface area (Å²) in [6, 6.07) is 0.542. The van der Waals surface area contributed by atoms with Gasteiger partial charge in [0, 0.05) is 6.04 Å². The van der Waals surface area contributed by atoms with E-state index in [2.05, 4.69) is 26.1 Å².